The maximum Gasteiger partial charge on any atom is 0.409 e. The standard InChI is InChI=1S/C18H26N2O8S3/c1-2-28-18(21)20-9-6-14(7-10-20)19-31(26,27)16-5-3-4-15(12-16)30(24,25)17-8-11-29(22,23)13-17/h3-5,12,14,17,19H,2,6-11,13H2,1H3/t17-/m1/s1. The molecule has 3 rings (SSSR count). The number of rotatable bonds is 6. The second kappa shape index (κ2) is 9.04. The Morgan fingerprint density at radius 2 is 1.77 bits per heavy atom. The van der Waals surface area contributed by atoms with Gasteiger partial charge in [0.15, 0.2) is 19.7 Å². The minimum atomic E-state index is -4.00. The number of ether oxygens (including phenoxy) is 1. The Morgan fingerprint density at radius 1 is 1.13 bits per heavy atom. The first-order valence-corrected chi connectivity index (χ1v) is 14.8. The molecule has 2 saturated heterocycles. The molecule has 1 aromatic carbocycles. The summed E-state index contributed by atoms with van der Waals surface area (Å²) in [5.74, 6) is -0.648. The van der Waals surface area contributed by atoms with Crippen molar-refractivity contribution in [1.82, 2.24) is 9.62 Å². The summed E-state index contributed by atoms with van der Waals surface area (Å²) in [6, 6.07) is 4.55. The van der Waals surface area contributed by atoms with Crippen molar-refractivity contribution in [3.63, 3.8) is 0 Å². The second-order valence-electron chi connectivity index (χ2n) is 7.63. The van der Waals surface area contributed by atoms with E-state index in [2.05, 4.69) is 4.72 Å². The van der Waals surface area contributed by atoms with Gasteiger partial charge in [-0.2, -0.15) is 0 Å². The predicted molar refractivity (Wildman–Crippen MR) is 113 cm³/mol. The third kappa shape index (κ3) is 5.57. The molecule has 0 aromatic heterocycles. The molecule has 2 heterocycles. The zero-order chi connectivity index (χ0) is 22.9. The van der Waals surface area contributed by atoms with Crippen molar-refractivity contribution in [3.05, 3.63) is 24.3 Å². The lowest BCUT2D eigenvalue weighted by molar-refractivity contribution is 0.0966. The van der Waals surface area contributed by atoms with Crippen molar-refractivity contribution in [2.45, 2.75) is 47.3 Å². The average Bonchev–Trinajstić information content (AvgIpc) is 3.09. The van der Waals surface area contributed by atoms with Crippen molar-refractivity contribution in [2.24, 2.45) is 0 Å². The average molecular weight is 495 g/mol. The molecule has 1 amide bonds. The molecule has 0 spiro atoms. The zero-order valence-corrected chi connectivity index (χ0v) is 19.5. The van der Waals surface area contributed by atoms with Crippen molar-refractivity contribution in [3.8, 4) is 0 Å². The molecule has 174 valence electrons. The fourth-order valence-electron chi connectivity index (χ4n) is 3.70. The highest BCUT2D eigenvalue weighted by Gasteiger charge is 2.38. The van der Waals surface area contributed by atoms with Gasteiger partial charge in [-0.1, -0.05) is 6.07 Å². The second-order valence-corrected chi connectivity index (χ2v) is 13.8. The molecule has 0 unspecified atom stereocenters. The van der Waals surface area contributed by atoms with E-state index in [4.69, 9.17) is 4.74 Å². The molecule has 0 bridgehead atoms. The van der Waals surface area contributed by atoms with Gasteiger partial charge < -0.3 is 9.64 Å². The Kier molecular flexibility index (Phi) is 6.99. The summed E-state index contributed by atoms with van der Waals surface area (Å²) in [6.45, 7) is 2.66. The molecule has 1 N–H and O–H groups in total. The smallest absolute Gasteiger partial charge is 0.409 e. The van der Waals surface area contributed by atoms with E-state index in [1.165, 1.54) is 23.1 Å². The van der Waals surface area contributed by atoms with Crippen LogP contribution in [0.15, 0.2) is 34.1 Å². The van der Waals surface area contributed by atoms with Gasteiger partial charge in [-0.15, -0.1) is 0 Å². The molecular weight excluding hydrogens is 468 g/mol. The van der Waals surface area contributed by atoms with Gasteiger partial charge >= 0.3 is 6.09 Å². The van der Waals surface area contributed by atoms with E-state index in [1.54, 1.807) is 6.92 Å². The summed E-state index contributed by atoms with van der Waals surface area (Å²) < 4.78 is 82.1. The van der Waals surface area contributed by atoms with E-state index in [9.17, 15) is 30.0 Å². The highest BCUT2D eigenvalue weighted by atomic mass is 32.2. The van der Waals surface area contributed by atoms with Gasteiger partial charge in [0.1, 0.15) is 0 Å². The first kappa shape index (κ1) is 24.0. The first-order valence-electron chi connectivity index (χ1n) is 9.93. The van der Waals surface area contributed by atoms with Crippen molar-refractivity contribution < 1.29 is 34.8 Å². The number of sulfonamides is 1. The van der Waals surface area contributed by atoms with Gasteiger partial charge in [-0.05, 0) is 44.4 Å². The van der Waals surface area contributed by atoms with E-state index >= 15 is 0 Å². The number of piperidine rings is 1. The number of hydrogen-bond donors (Lipinski definition) is 1. The molecule has 10 nitrogen and oxygen atoms in total. The lowest BCUT2D eigenvalue weighted by Gasteiger charge is -2.31. The Morgan fingerprint density at radius 3 is 2.35 bits per heavy atom. The van der Waals surface area contributed by atoms with Gasteiger partial charge in [0, 0.05) is 19.1 Å². The minimum Gasteiger partial charge on any atom is -0.450 e. The molecule has 31 heavy (non-hydrogen) atoms. The molecule has 0 aliphatic carbocycles. The third-order valence-corrected chi connectivity index (χ3v) is 11.1. The first-order chi connectivity index (χ1) is 14.4. The van der Waals surface area contributed by atoms with Crippen LogP contribution in [0.2, 0.25) is 0 Å². The van der Waals surface area contributed by atoms with Crippen LogP contribution in [0.25, 0.3) is 0 Å². The van der Waals surface area contributed by atoms with Crippen LogP contribution in [0.3, 0.4) is 0 Å². The molecular formula is C18H26N2O8S3. The highest BCUT2D eigenvalue weighted by Crippen LogP contribution is 2.27. The monoisotopic (exact) mass is 494 g/mol. The van der Waals surface area contributed by atoms with E-state index in [-0.39, 0.29) is 28.6 Å². The molecule has 1 atom stereocenters. The summed E-state index contributed by atoms with van der Waals surface area (Å²) in [6.07, 6.45) is 0.362. The Hall–Kier alpha value is -1.70. The van der Waals surface area contributed by atoms with Crippen molar-refractivity contribution >= 4 is 35.8 Å². The number of nitrogens with zero attached hydrogens (tertiary/aromatic N) is 1. The summed E-state index contributed by atoms with van der Waals surface area (Å²) in [5, 5.41) is -1.07. The van der Waals surface area contributed by atoms with Crippen LogP contribution in [0.4, 0.5) is 4.79 Å². The third-order valence-electron chi connectivity index (χ3n) is 5.42. The number of benzene rings is 1. The van der Waals surface area contributed by atoms with Crippen molar-refractivity contribution in [2.75, 3.05) is 31.2 Å². The summed E-state index contributed by atoms with van der Waals surface area (Å²) in [7, 11) is -11.4. The molecule has 2 aliphatic rings. The number of nitrogens with one attached hydrogen (secondary N) is 1. The largest absolute Gasteiger partial charge is 0.450 e. The molecule has 0 radical (unpaired) electrons. The molecule has 0 saturated carbocycles. The van der Waals surface area contributed by atoms with Gasteiger partial charge in [-0.3, -0.25) is 0 Å². The minimum absolute atomic E-state index is 0.00106. The summed E-state index contributed by atoms with van der Waals surface area (Å²) in [4.78, 5) is 12.9. The van der Waals surface area contributed by atoms with Gasteiger partial charge in [-0.25, -0.2) is 34.8 Å². The lowest BCUT2D eigenvalue weighted by atomic mass is 10.1. The zero-order valence-electron chi connectivity index (χ0n) is 17.1. The Balaban J connectivity index is 1.71. The van der Waals surface area contributed by atoms with E-state index in [0.717, 1.165) is 6.07 Å². The van der Waals surface area contributed by atoms with Crippen LogP contribution in [-0.2, 0) is 34.4 Å². The fraction of sp³-hybridized carbons (Fsp3) is 0.611. The number of carbonyl (C=O) groups excluding carboxylic acids is 1. The van der Waals surface area contributed by atoms with E-state index in [1.807, 2.05) is 0 Å². The SMILES string of the molecule is CCOC(=O)N1CCC(NS(=O)(=O)c2cccc(S(=O)(=O)[C@@H]3CCS(=O)(=O)C3)c2)CC1. The molecule has 1 aromatic rings. The number of carbonyl (C=O) groups is 1. The van der Waals surface area contributed by atoms with Crippen LogP contribution in [0.1, 0.15) is 26.2 Å². The highest BCUT2D eigenvalue weighted by molar-refractivity contribution is 7.96. The van der Waals surface area contributed by atoms with Gasteiger partial charge in [0.2, 0.25) is 10.0 Å². The number of amides is 1. The van der Waals surface area contributed by atoms with Crippen LogP contribution in [0, 0.1) is 0 Å². The molecule has 2 fully saturated rings. The number of likely N-dealkylation sites (tertiary alicyclic amines) is 1. The topological polar surface area (TPSA) is 144 Å². The lowest BCUT2D eigenvalue weighted by Crippen LogP contribution is -2.46. The Labute approximate surface area is 182 Å². The summed E-state index contributed by atoms with van der Waals surface area (Å²) in [5.41, 5.74) is 0. The molecule has 2 aliphatic heterocycles. The number of sulfone groups is 2. The van der Waals surface area contributed by atoms with Gasteiger partial charge in [0.25, 0.3) is 0 Å². The van der Waals surface area contributed by atoms with Crippen LogP contribution < -0.4 is 4.72 Å². The molecule has 13 heteroatoms. The fourth-order valence-corrected chi connectivity index (χ4v) is 9.53. The maximum absolute atomic E-state index is 12.8. The van der Waals surface area contributed by atoms with Crippen LogP contribution in [0.5, 0.6) is 0 Å². The maximum atomic E-state index is 12.8. The van der Waals surface area contributed by atoms with E-state index < -0.39 is 52.8 Å². The summed E-state index contributed by atoms with van der Waals surface area (Å²) >= 11 is 0. The van der Waals surface area contributed by atoms with Gasteiger partial charge in [0.05, 0.1) is 33.2 Å². The van der Waals surface area contributed by atoms with Crippen LogP contribution >= 0.6 is 0 Å². The predicted octanol–water partition coefficient (Wildman–Crippen LogP) is 0.547. The van der Waals surface area contributed by atoms with Crippen molar-refractivity contribution in [1.29, 1.82) is 0 Å². The quantitative estimate of drug-likeness (QED) is 0.604. The Bertz CT molecular complexity index is 1140. The number of hydrogen-bond acceptors (Lipinski definition) is 8. The normalized spacial score (nSPS) is 22.4. The van der Waals surface area contributed by atoms with Crippen LogP contribution in [-0.4, -0.2) is 78.7 Å². The van der Waals surface area contributed by atoms with E-state index in [0.29, 0.717) is 25.9 Å².